The molecule has 0 aliphatic rings. The lowest BCUT2D eigenvalue weighted by Crippen LogP contribution is -2.42. The lowest BCUT2D eigenvalue weighted by Gasteiger charge is -2.31. The molecule has 244 valence electrons. The van der Waals surface area contributed by atoms with Gasteiger partial charge in [-0.05, 0) is 43.9 Å². The average molecular weight is 612 g/mol. The van der Waals surface area contributed by atoms with E-state index in [4.69, 9.17) is 34.2 Å². The molecule has 3 N–H and O–H groups in total. The second kappa shape index (κ2) is 21.2. The molecule has 0 fully saturated rings. The van der Waals surface area contributed by atoms with Crippen molar-refractivity contribution in [2.75, 3.05) is 19.8 Å². The summed E-state index contributed by atoms with van der Waals surface area (Å²) >= 11 is 0. The highest BCUT2D eigenvalue weighted by molar-refractivity contribution is 5.75. The maximum atomic E-state index is 12.5. The van der Waals surface area contributed by atoms with E-state index in [2.05, 4.69) is 0 Å². The summed E-state index contributed by atoms with van der Waals surface area (Å²) < 4.78 is 31.5. The Balaban J connectivity index is 3.25. The maximum absolute atomic E-state index is 12.5. The Hall–Kier alpha value is -3.54. The van der Waals surface area contributed by atoms with Crippen molar-refractivity contribution in [1.29, 1.82) is 0 Å². The first kappa shape index (κ1) is 37.5. The van der Waals surface area contributed by atoms with Crippen molar-refractivity contribution in [1.82, 2.24) is 0 Å². The molecule has 0 aromatic heterocycles. The first-order chi connectivity index (χ1) is 20.5. The molecule has 0 aliphatic carbocycles. The molecule has 0 bridgehead atoms. The summed E-state index contributed by atoms with van der Waals surface area (Å²) in [6.45, 7) is 9.85. The topological polar surface area (TPSA) is 170 Å². The smallest absolute Gasteiger partial charge is 0.480 e. The molecule has 0 aliphatic heterocycles. The number of carbonyl (C=O) groups is 4. The molecular formula is C31H49NO11. The van der Waals surface area contributed by atoms with Crippen molar-refractivity contribution in [2.24, 2.45) is 11.7 Å². The van der Waals surface area contributed by atoms with Gasteiger partial charge in [0, 0.05) is 11.8 Å². The van der Waals surface area contributed by atoms with Gasteiger partial charge in [-0.3, -0.25) is 4.79 Å². The van der Waals surface area contributed by atoms with Crippen LogP contribution in [-0.2, 0) is 23.7 Å². The fraction of sp³-hybridized carbons (Fsp3) is 0.677. The largest absolute Gasteiger partial charge is 0.513 e. The molecule has 0 amide bonds. The van der Waals surface area contributed by atoms with E-state index < -0.39 is 48.4 Å². The molecule has 4 atom stereocenters. The molecule has 0 heterocycles. The third kappa shape index (κ3) is 14.5. The highest BCUT2D eigenvalue weighted by Gasteiger charge is 2.36. The van der Waals surface area contributed by atoms with Gasteiger partial charge in [-0.2, -0.15) is 0 Å². The highest BCUT2D eigenvalue weighted by Crippen LogP contribution is 2.37. The van der Waals surface area contributed by atoms with E-state index in [1.807, 2.05) is 20.8 Å². The second-order valence-electron chi connectivity index (χ2n) is 10.4. The summed E-state index contributed by atoms with van der Waals surface area (Å²) in [5, 5.41) is 9.79. The zero-order valence-electron chi connectivity index (χ0n) is 26.1. The van der Waals surface area contributed by atoms with Gasteiger partial charge in [0.25, 0.3) is 0 Å². The Morgan fingerprint density at radius 3 is 1.65 bits per heavy atom. The molecule has 1 rings (SSSR count). The fourth-order valence-electron chi connectivity index (χ4n) is 4.23. The summed E-state index contributed by atoms with van der Waals surface area (Å²) in [6, 6.07) is 2.78. The fourth-order valence-corrected chi connectivity index (χ4v) is 4.23. The molecule has 0 spiro atoms. The third-order valence-corrected chi connectivity index (χ3v) is 6.90. The SMILES string of the molecule is CCCCCOC(=O)Oc1ccc(C(C(C)C(C)OC(=O)OCCCCC)[C@H](N)C(=O)O)cc1OC(=O)OCCCCC. The number of ether oxygens (including phenoxy) is 6. The van der Waals surface area contributed by atoms with Crippen LogP contribution in [0.15, 0.2) is 18.2 Å². The van der Waals surface area contributed by atoms with Crippen LogP contribution in [0.4, 0.5) is 14.4 Å². The first-order valence-electron chi connectivity index (χ1n) is 15.2. The van der Waals surface area contributed by atoms with Crippen molar-refractivity contribution >= 4 is 24.4 Å². The van der Waals surface area contributed by atoms with E-state index in [-0.39, 0.29) is 31.3 Å². The van der Waals surface area contributed by atoms with Gasteiger partial charge in [0.1, 0.15) is 12.1 Å². The lowest BCUT2D eigenvalue weighted by atomic mass is 9.79. The van der Waals surface area contributed by atoms with Crippen LogP contribution in [0.1, 0.15) is 104 Å². The van der Waals surface area contributed by atoms with Crippen molar-refractivity contribution < 1.29 is 52.7 Å². The Bertz CT molecular complexity index is 1000. The minimum atomic E-state index is -1.43. The van der Waals surface area contributed by atoms with Crippen molar-refractivity contribution in [3.05, 3.63) is 23.8 Å². The number of benzene rings is 1. The standard InChI is InChI=1S/C31H49NO11/c1-6-9-12-17-38-29(35)41-22(5)21(4)26(27(32)28(33)34)23-15-16-24(42-30(36)39-18-13-10-7-2)25(20-23)43-31(37)40-19-14-11-8-3/h15-16,20-22,26-27H,6-14,17-19,32H2,1-5H3,(H,33,34)/t21?,22?,26?,27-/m0/s1. The molecule has 43 heavy (non-hydrogen) atoms. The van der Waals surface area contributed by atoms with Crippen molar-refractivity contribution in [2.45, 2.75) is 110 Å². The van der Waals surface area contributed by atoms with E-state index >= 15 is 0 Å². The van der Waals surface area contributed by atoms with Crippen LogP contribution in [0.5, 0.6) is 11.5 Å². The van der Waals surface area contributed by atoms with Crippen molar-refractivity contribution in [3.63, 3.8) is 0 Å². The van der Waals surface area contributed by atoms with Gasteiger partial charge in [0.05, 0.1) is 19.8 Å². The zero-order chi connectivity index (χ0) is 32.2. The van der Waals surface area contributed by atoms with Gasteiger partial charge in [-0.25, -0.2) is 14.4 Å². The minimum Gasteiger partial charge on any atom is -0.480 e. The van der Waals surface area contributed by atoms with Crippen LogP contribution in [0.3, 0.4) is 0 Å². The van der Waals surface area contributed by atoms with E-state index in [1.54, 1.807) is 13.8 Å². The summed E-state index contributed by atoms with van der Waals surface area (Å²) in [4.78, 5) is 49.0. The third-order valence-electron chi connectivity index (χ3n) is 6.90. The summed E-state index contributed by atoms with van der Waals surface area (Å²) in [5.41, 5.74) is 6.45. The number of aliphatic carboxylic acids is 1. The molecule has 12 nitrogen and oxygen atoms in total. The quantitative estimate of drug-likeness (QED) is 0.0673. The molecule has 1 aromatic rings. The van der Waals surface area contributed by atoms with Crippen LogP contribution < -0.4 is 15.2 Å². The highest BCUT2D eigenvalue weighted by atomic mass is 16.7. The zero-order valence-corrected chi connectivity index (χ0v) is 26.1. The van der Waals surface area contributed by atoms with Gasteiger partial charge in [0.15, 0.2) is 11.5 Å². The van der Waals surface area contributed by atoms with E-state index in [9.17, 15) is 24.3 Å². The summed E-state index contributed by atoms with van der Waals surface area (Å²) in [7, 11) is 0. The van der Waals surface area contributed by atoms with Gasteiger partial charge < -0.3 is 39.3 Å². The van der Waals surface area contributed by atoms with Crippen molar-refractivity contribution in [3.8, 4) is 11.5 Å². The molecule has 0 saturated carbocycles. The van der Waals surface area contributed by atoms with Crippen LogP contribution in [-0.4, -0.2) is 61.5 Å². The predicted molar refractivity (Wildman–Crippen MR) is 158 cm³/mol. The lowest BCUT2D eigenvalue weighted by molar-refractivity contribution is -0.139. The number of carboxylic acids is 1. The Kier molecular flexibility index (Phi) is 18.5. The number of unbranched alkanes of at least 4 members (excludes halogenated alkanes) is 6. The molecule has 12 heteroatoms. The predicted octanol–water partition coefficient (Wildman–Crippen LogP) is 6.96. The first-order valence-corrected chi connectivity index (χ1v) is 15.2. The minimum absolute atomic E-state index is 0.134. The molecular weight excluding hydrogens is 562 g/mol. The monoisotopic (exact) mass is 611 g/mol. The number of rotatable bonds is 20. The van der Waals surface area contributed by atoms with Crippen LogP contribution in [0.2, 0.25) is 0 Å². The average Bonchev–Trinajstić information content (AvgIpc) is 2.97. The van der Waals surface area contributed by atoms with E-state index in [0.717, 1.165) is 38.5 Å². The number of nitrogens with two attached hydrogens (primary N) is 1. The summed E-state index contributed by atoms with van der Waals surface area (Å²) in [6.07, 6.45) is 3.82. The Morgan fingerprint density at radius 2 is 1.19 bits per heavy atom. The second-order valence-corrected chi connectivity index (χ2v) is 10.4. The maximum Gasteiger partial charge on any atom is 0.513 e. The number of hydrogen-bond acceptors (Lipinski definition) is 11. The van der Waals surface area contributed by atoms with Gasteiger partial charge >= 0.3 is 24.4 Å². The molecule has 0 saturated heterocycles. The molecule has 3 unspecified atom stereocenters. The molecule has 1 aromatic carbocycles. The van der Waals surface area contributed by atoms with Crippen LogP contribution in [0, 0.1) is 5.92 Å². The Labute approximate surface area is 254 Å². The van der Waals surface area contributed by atoms with E-state index in [1.165, 1.54) is 18.2 Å². The number of carboxylic acid groups (broad SMARTS) is 1. The van der Waals surface area contributed by atoms with Gasteiger partial charge in [-0.15, -0.1) is 0 Å². The number of hydrogen-bond donors (Lipinski definition) is 2. The van der Waals surface area contributed by atoms with Gasteiger partial charge in [0.2, 0.25) is 0 Å². The normalized spacial score (nSPS) is 13.6. The molecule has 0 radical (unpaired) electrons. The van der Waals surface area contributed by atoms with Crippen LogP contribution >= 0.6 is 0 Å². The van der Waals surface area contributed by atoms with Gasteiger partial charge in [-0.1, -0.05) is 72.3 Å². The van der Waals surface area contributed by atoms with Crippen LogP contribution in [0.25, 0.3) is 0 Å². The summed E-state index contributed by atoms with van der Waals surface area (Å²) in [5.74, 6) is -3.16. The van der Waals surface area contributed by atoms with E-state index in [0.29, 0.717) is 24.8 Å². The Morgan fingerprint density at radius 1 is 0.721 bits per heavy atom. The number of carbonyl (C=O) groups excluding carboxylic acids is 3.